The van der Waals surface area contributed by atoms with Gasteiger partial charge in [0.1, 0.15) is 11.0 Å². The molecule has 0 aliphatic heterocycles. The summed E-state index contributed by atoms with van der Waals surface area (Å²) in [5.74, 6) is -1.21. The van der Waals surface area contributed by atoms with Crippen molar-refractivity contribution in [2.45, 2.75) is 39.8 Å². The van der Waals surface area contributed by atoms with E-state index in [1.54, 1.807) is 20.0 Å². The summed E-state index contributed by atoms with van der Waals surface area (Å²) in [6.45, 7) is 5.83. The Hall–Kier alpha value is -1.63. The number of amides is 2. The monoisotopic (exact) mass is 285 g/mol. The van der Waals surface area contributed by atoms with Gasteiger partial charge in [-0.15, -0.1) is 11.3 Å². The maximum Gasteiger partial charge on any atom is 0.326 e. The van der Waals surface area contributed by atoms with Crippen LogP contribution in [-0.2, 0) is 17.8 Å². The summed E-state index contributed by atoms with van der Waals surface area (Å²) < 4.78 is 0. The largest absolute Gasteiger partial charge is 0.480 e. The topological polar surface area (TPSA) is 91.3 Å². The van der Waals surface area contributed by atoms with Crippen LogP contribution >= 0.6 is 11.3 Å². The lowest BCUT2D eigenvalue weighted by molar-refractivity contribution is -0.140. The van der Waals surface area contributed by atoms with Crippen LogP contribution in [0.1, 0.15) is 30.7 Å². The Morgan fingerprint density at radius 3 is 2.63 bits per heavy atom. The summed E-state index contributed by atoms with van der Waals surface area (Å²) in [5, 5.41) is 14.8. The van der Waals surface area contributed by atoms with Gasteiger partial charge in [-0.3, -0.25) is 0 Å². The molecule has 1 heterocycles. The number of nitrogens with zero attached hydrogens (tertiary/aromatic N) is 1. The summed E-state index contributed by atoms with van der Waals surface area (Å²) >= 11 is 1.54. The fraction of sp³-hybridized carbons (Fsp3) is 0.583. The van der Waals surface area contributed by atoms with Crippen LogP contribution < -0.4 is 10.6 Å². The summed E-state index contributed by atoms with van der Waals surface area (Å²) in [7, 11) is 0. The lowest BCUT2D eigenvalue weighted by Crippen LogP contribution is -2.48. The Balaban J connectivity index is 2.44. The van der Waals surface area contributed by atoms with Crippen LogP contribution in [-0.4, -0.2) is 28.1 Å². The number of carboxylic acids is 1. The van der Waals surface area contributed by atoms with Crippen molar-refractivity contribution in [2.75, 3.05) is 0 Å². The third-order valence-electron chi connectivity index (χ3n) is 2.57. The molecule has 6 nitrogen and oxygen atoms in total. The Kier molecular flexibility index (Phi) is 5.75. The molecule has 1 atom stereocenters. The van der Waals surface area contributed by atoms with Crippen molar-refractivity contribution in [1.82, 2.24) is 15.6 Å². The first kappa shape index (κ1) is 15.4. The predicted octanol–water partition coefficient (Wildman–Crippen LogP) is 1.61. The van der Waals surface area contributed by atoms with Crippen LogP contribution in [0.4, 0.5) is 4.79 Å². The summed E-state index contributed by atoms with van der Waals surface area (Å²) in [6.07, 6.45) is 2.70. The normalized spacial score (nSPS) is 12.2. The molecular weight excluding hydrogens is 266 g/mol. The minimum Gasteiger partial charge on any atom is -0.480 e. The van der Waals surface area contributed by atoms with E-state index in [-0.39, 0.29) is 5.92 Å². The third kappa shape index (κ3) is 4.86. The van der Waals surface area contributed by atoms with Gasteiger partial charge in [0.05, 0.1) is 6.54 Å². The van der Waals surface area contributed by atoms with E-state index >= 15 is 0 Å². The number of aryl methyl sites for hydroxylation is 1. The van der Waals surface area contributed by atoms with E-state index in [9.17, 15) is 9.59 Å². The van der Waals surface area contributed by atoms with Gasteiger partial charge in [0, 0.05) is 11.1 Å². The first-order valence-electron chi connectivity index (χ1n) is 6.14. The SMILES string of the molecule is CCc1cnc(CNC(=O)N[C@@H](C(=O)O)C(C)C)s1. The number of urea groups is 1. The fourth-order valence-electron chi connectivity index (χ4n) is 1.45. The molecular formula is C12H19N3O3S. The number of carboxylic acid groups (broad SMARTS) is 1. The van der Waals surface area contributed by atoms with Crippen LogP contribution in [0, 0.1) is 5.92 Å². The van der Waals surface area contributed by atoms with E-state index in [0.29, 0.717) is 6.54 Å². The van der Waals surface area contributed by atoms with Crippen molar-refractivity contribution in [3.8, 4) is 0 Å². The van der Waals surface area contributed by atoms with Crippen molar-refractivity contribution < 1.29 is 14.7 Å². The van der Waals surface area contributed by atoms with Crippen LogP contribution in [0.3, 0.4) is 0 Å². The van der Waals surface area contributed by atoms with Gasteiger partial charge in [-0.25, -0.2) is 14.6 Å². The van der Waals surface area contributed by atoms with Gasteiger partial charge in [-0.1, -0.05) is 20.8 Å². The minimum atomic E-state index is -1.03. The van der Waals surface area contributed by atoms with Crippen LogP contribution in [0.2, 0.25) is 0 Å². The van der Waals surface area contributed by atoms with Crippen molar-refractivity contribution in [2.24, 2.45) is 5.92 Å². The van der Waals surface area contributed by atoms with Gasteiger partial charge < -0.3 is 15.7 Å². The zero-order valence-corrected chi connectivity index (χ0v) is 12.1. The maximum absolute atomic E-state index is 11.6. The molecule has 0 fully saturated rings. The first-order valence-corrected chi connectivity index (χ1v) is 6.96. The number of carbonyl (C=O) groups excluding carboxylic acids is 1. The Bertz CT molecular complexity index is 445. The molecule has 0 aromatic carbocycles. The summed E-state index contributed by atoms with van der Waals surface area (Å²) in [5.41, 5.74) is 0. The first-order chi connectivity index (χ1) is 8.93. The molecule has 1 rings (SSSR count). The van der Waals surface area contributed by atoms with E-state index in [0.717, 1.165) is 16.3 Å². The number of nitrogens with one attached hydrogen (secondary N) is 2. The number of rotatable bonds is 6. The average molecular weight is 285 g/mol. The zero-order chi connectivity index (χ0) is 14.4. The smallest absolute Gasteiger partial charge is 0.326 e. The molecule has 0 aliphatic rings. The highest BCUT2D eigenvalue weighted by molar-refractivity contribution is 7.11. The molecule has 0 aliphatic carbocycles. The molecule has 0 unspecified atom stereocenters. The fourth-order valence-corrected chi connectivity index (χ4v) is 2.26. The number of hydrogen-bond donors (Lipinski definition) is 3. The van der Waals surface area contributed by atoms with Crippen molar-refractivity contribution >= 4 is 23.3 Å². The van der Waals surface area contributed by atoms with E-state index < -0.39 is 18.0 Å². The van der Waals surface area contributed by atoms with Crippen molar-refractivity contribution in [3.63, 3.8) is 0 Å². The van der Waals surface area contributed by atoms with Crippen LogP contribution in [0.5, 0.6) is 0 Å². The Morgan fingerprint density at radius 1 is 1.47 bits per heavy atom. The van der Waals surface area contributed by atoms with E-state index in [1.165, 1.54) is 11.3 Å². The van der Waals surface area contributed by atoms with Crippen LogP contribution in [0.25, 0.3) is 0 Å². The molecule has 3 N–H and O–H groups in total. The third-order valence-corrected chi connectivity index (χ3v) is 3.71. The number of carbonyl (C=O) groups is 2. The highest BCUT2D eigenvalue weighted by Gasteiger charge is 2.23. The van der Waals surface area contributed by atoms with E-state index in [2.05, 4.69) is 15.6 Å². The van der Waals surface area contributed by atoms with E-state index in [1.807, 2.05) is 6.92 Å². The van der Waals surface area contributed by atoms with Gasteiger partial charge in [0.2, 0.25) is 0 Å². The molecule has 0 spiro atoms. The lowest BCUT2D eigenvalue weighted by Gasteiger charge is -2.17. The number of thiazole rings is 1. The van der Waals surface area contributed by atoms with Gasteiger partial charge in [0.15, 0.2) is 0 Å². The molecule has 0 bridgehead atoms. The Morgan fingerprint density at radius 2 is 2.16 bits per heavy atom. The second-order valence-electron chi connectivity index (χ2n) is 4.46. The van der Waals surface area contributed by atoms with Gasteiger partial charge in [0.25, 0.3) is 0 Å². The molecule has 106 valence electrons. The molecule has 0 radical (unpaired) electrons. The highest BCUT2D eigenvalue weighted by atomic mass is 32.1. The quantitative estimate of drug-likeness (QED) is 0.740. The second-order valence-corrected chi connectivity index (χ2v) is 5.66. The van der Waals surface area contributed by atoms with Gasteiger partial charge in [-0.05, 0) is 12.3 Å². The van der Waals surface area contributed by atoms with Gasteiger partial charge in [-0.2, -0.15) is 0 Å². The van der Waals surface area contributed by atoms with Crippen LogP contribution in [0.15, 0.2) is 6.20 Å². The maximum atomic E-state index is 11.6. The van der Waals surface area contributed by atoms with Crippen molar-refractivity contribution in [1.29, 1.82) is 0 Å². The molecule has 19 heavy (non-hydrogen) atoms. The molecule has 1 aromatic heterocycles. The predicted molar refractivity (Wildman–Crippen MR) is 73.1 cm³/mol. The van der Waals surface area contributed by atoms with Crippen molar-refractivity contribution in [3.05, 3.63) is 16.1 Å². The number of aromatic nitrogens is 1. The van der Waals surface area contributed by atoms with Gasteiger partial charge >= 0.3 is 12.0 Å². The molecule has 0 saturated heterocycles. The average Bonchev–Trinajstić information content (AvgIpc) is 2.80. The summed E-state index contributed by atoms with van der Waals surface area (Å²) in [6, 6.07) is -1.38. The second kappa shape index (κ2) is 7.08. The Labute approximate surface area is 116 Å². The number of hydrogen-bond acceptors (Lipinski definition) is 4. The zero-order valence-electron chi connectivity index (χ0n) is 11.3. The lowest BCUT2D eigenvalue weighted by atomic mass is 10.1. The summed E-state index contributed by atoms with van der Waals surface area (Å²) in [4.78, 5) is 27.9. The standard InChI is InChI=1S/C12H19N3O3S/c1-4-8-5-13-9(19-8)6-14-12(18)15-10(7(2)3)11(16)17/h5,7,10H,4,6H2,1-3H3,(H,16,17)(H2,14,15,18)/t10-/m1/s1. The molecule has 7 heteroatoms. The number of aliphatic carboxylic acids is 1. The van der Waals surface area contributed by atoms with E-state index in [4.69, 9.17) is 5.11 Å². The molecule has 2 amide bonds. The minimum absolute atomic E-state index is 0.171. The molecule has 1 aromatic rings. The molecule has 0 saturated carbocycles. The highest BCUT2D eigenvalue weighted by Crippen LogP contribution is 2.12.